The van der Waals surface area contributed by atoms with E-state index in [2.05, 4.69) is 20.9 Å². The summed E-state index contributed by atoms with van der Waals surface area (Å²) < 4.78 is 3.98. The summed E-state index contributed by atoms with van der Waals surface area (Å²) in [7, 11) is 1.93. The second-order valence-electron chi connectivity index (χ2n) is 9.29. The van der Waals surface area contributed by atoms with Crippen LogP contribution in [-0.4, -0.2) is 49.3 Å². The molecule has 2 aromatic heterocycles. The van der Waals surface area contributed by atoms with E-state index in [0.29, 0.717) is 36.9 Å². The van der Waals surface area contributed by atoms with Gasteiger partial charge < -0.3 is 19.1 Å². The van der Waals surface area contributed by atoms with Gasteiger partial charge in [-0.2, -0.15) is 0 Å². The summed E-state index contributed by atoms with van der Waals surface area (Å²) in [5, 5.41) is 15.6. The van der Waals surface area contributed by atoms with Gasteiger partial charge in [-0.05, 0) is 42.7 Å². The lowest BCUT2D eigenvalue weighted by Gasteiger charge is -2.34. The third-order valence-electron chi connectivity index (χ3n) is 6.81. The van der Waals surface area contributed by atoms with Gasteiger partial charge in [0.25, 0.3) is 5.91 Å². The summed E-state index contributed by atoms with van der Waals surface area (Å²) in [6, 6.07) is 17.8. The zero-order valence-electron chi connectivity index (χ0n) is 19.8. The quantitative estimate of drug-likeness (QED) is 0.383. The van der Waals surface area contributed by atoms with Crippen LogP contribution >= 0.6 is 11.6 Å². The van der Waals surface area contributed by atoms with Gasteiger partial charge in [0.2, 0.25) is 0 Å². The van der Waals surface area contributed by atoms with Crippen molar-refractivity contribution in [3.8, 4) is 0 Å². The molecular weight excluding hydrogens is 462 g/mol. The second kappa shape index (κ2) is 10.2. The highest BCUT2D eigenvalue weighted by Gasteiger charge is 2.29. The monoisotopic (exact) mass is 491 g/mol. The summed E-state index contributed by atoms with van der Waals surface area (Å²) in [5.41, 5.74) is 3.71. The lowest BCUT2D eigenvalue weighted by atomic mass is 9.94. The summed E-state index contributed by atoms with van der Waals surface area (Å²) in [5.74, 6) is 0.132. The largest absolute Gasteiger partial charge is 0.378 e. The van der Waals surface area contributed by atoms with Crippen molar-refractivity contribution in [2.24, 2.45) is 13.0 Å². The minimum atomic E-state index is -0.620. The molecule has 1 amide bonds. The van der Waals surface area contributed by atoms with Crippen molar-refractivity contribution < 1.29 is 9.90 Å². The standard InChI is InChI=1S/C27H30ClN5O2/c1-31-17-23(30-18-31)15-29-26(34)20-10-12-32(13-11-20)27(35)25-14-21-4-2-3-5-24(21)33(25)16-19-6-8-22(28)9-7-19/h2-9,14,17-18,20,26,29,34H,10-13,15-16H2,1H3. The van der Waals surface area contributed by atoms with Gasteiger partial charge in [-0.25, -0.2) is 4.98 Å². The summed E-state index contributed by atoms with van der Waals surface area (Å²) >= 11 is 6.06. The third kappa shape index (κ3) is 5.27. The summed E-state index contributed by atoms with van der Waals surface area (Å²) in [4.78, 5) is 19.8. The first-order chi connectivity index (χ1) is 17.0. The number of likely N-dealkylation sites (tertiary alicyclic amines) is 1. The summed E-state index contributed by atoms with van der Waals surface area (Å²) in [6.45, 7) is 2.35. The number of amides is 1. The van der Waals surface area contributed by atoms with Crippen LogP contribution in [0.15, 0.2) is 67.1 Å². The highest BCUT2D eigenvalue weighted by atomic mass is 35.5. The van der Waals surface area contributed by atoms with Crippen LogP contribution in [0.4, 0.5) is 0 Å². The van der Waals surface area contributed by atoms with E-state index in [1.165, 1.54) is 0 Å². The second-order valence-corrected chi connectivity index (χ2v) is 9.72. The van der Waals surface area contributed by atoms with Crippen LogP contribution in [0.5, 0.6) is 0 Å². The maximum Gasteiger partial charge on any atom is 0.270 e. The number of hydrogen-bond donors (Lipinski definition) is 2. The van der Waals surface area contributed by atoms with E-state index in [9.17, 15) is 9.90 Å². The number of nitrogens with zero attached hydrogens (tertiary/aromatic N) is 4. The Morgan fingerprint density at radius 1 is 1.17 bits per heavy atom. The van der Waals surface area contributed by atoms with Gasteiger partial charge >= 0.3 is 0 Å². The highest BCUT2D eigenvalue weighted by molar-refractivity contribution is 6.30. The molecule has 0 bridgehead atoms. The van der Waals surface area contributed by atoms with Gasteiger partial charge in [-0.15, -0.1) is 0 Å². The molecule has 1 atom stereocenters. The number of para-hydroxylation sites is 1. The molecule has 2 aromatic carbocycles. The number of hydrogen-bond acceptors (Lipinski definition) is 4. The molecule has 1 aliphatic heterocycles. The van der Waals surface area contributed by atoms with Gasteiger partial charge in [0.05, 0.1) is 12.0 Å². The SMILES string of the molecule is Cn1cnc(CNC(O)C2CCN(C(=O)c3cc4ccccc4n3Cc3ccc(Cl)cc3)CC2)c1. The zero-order chi connectivity index (χ0) is 24.4. The molecular formula is C27H30ClN5O2. The van der Waals surface area contributed by atoms with E-state index in [1.54, 1.807) is 6.33 Å². The molecule has 0 aliphatic carbocycles. The fourth-order valence-electron chi connectivity index (χ4n) is 4.84. The van der Waals surface area contributed by atoms with Crippen LogP contribution in [0.3, 0.4) is 0 Å². The van der Waals surface area contributed by atoms with E-state index in [-0.39, 0.29) is 11.8 Å². The number of aliphatic hydroxyl groups excluding tert-OH is 1. The molecule has 1 aliphatic rings. The number of halogens is 1. The first-order valence-electron chi connectivity index (χ1n) is 12.0. The Morgan fingerprint density at radius 3 is 2.63 bits per heavy atom. The van der Waals surface area contributed by atoms with E-state index >= 15 is 0 Å². The van der Waals surface area contributed by atoms with Gasteiger partial charge in [-0.1, -0.05) is 41.9 Å². The minimum Gasteiger partial charge on any atom is -0.378 e. The van der Waals surface area contributed by atoms with Gasteiger partial charge in [-0.3, -0.25) is 10.1 Å². The highest BCUT2D eigenvalue weighted by Crippen LogP contribution is 2.26. The maximum absolute atomic E-state index is 13.6. The van der Waals surface area contributed by atoms with Crippen LogP contribution in [0, 0.1) is 5.92 Å². The molecule has 5 rings (SSSR count). The third-order valence-corrected chi connectivity index (χ3v) is 7.06. The van der Waals surface area contributed by atoms with Gasteiger partial charge in [0.15, 0.2) is 0 Å². The molecule has 0 radical (unpaired) electrons. The van der Waals surface area contributed by atoms with Gasteiger partial charge in [0, 0.05) is 61.3 Å². The van der Waals surface area contributed by atoms with Crippen LogP contribution in [0.2, 0.25) is 5.02 Å². The van der Waals surface area contributed by atoms with Crippen molar-refractivity contribution in [1.29, 1.82) is 0 Å². The van der Waals surface area contributed by atoms with Crippen LogP contribution in [-0.2, 0) is 20.1 Å². The van der Waals surface area contributed by atoms with Crippen molar-refractivity contribution in [1.82, 2.24) is 24.3 Å². The molecule has 1 unspecified atom stereocenters. The van der Waals surface area contributed by atoms with E-state index in [1.807, 2.05) is 71.2 Å². The minimum absolute atomic E-state index is 0.0320. The number of imidazole rings is 1. The number of aliphatic hydroxyl groups is 1. The van der Waals surface area contributed by atoms with Crippen molar-refractivity contribution in [3.05, 3.63) is 89.1 Å². The molecule has 8 heteroatoms. The van der Waals surface area contributed by atoms with E-state index in [0.717, 1.165) is 35.0 Å². The number of carbonyl (C=O) groups excluding carboxylic acids is 1. The van der Waals surface area contributed by atoms with Gasteiger partial charge in [0.1, 0.15) is 11.9 Å². The lowest BCUT2D eigenvalue weighted by molar-refractivity contribution is 0.0302. The van der Waals surface area contributed by atoms with E-state index in [4.69, 9.17) is 11.6 Å². The average molecular weight is 492 g/mol. The fourth-order valence-corrected chi connectivity index (χ4v) is 4.97. The molecule has 1 fully saturated rings. The topological polar surface area (TPSA) is 75.3 Å². The zero-order valence-corrected chi connectivity index (χ0v) is 20.5. The predicted molar refractivity (Wildman–Crippen MR) is 137 cm³/mol. The first kappa shape index (κ1) is 23.6. The number of aryl methyl sites for hydroxylation is 1. The number of benzene rings is 2. The van der Waals surface area contributed by atoms with Crippen LogP contribution < -0.4 is 5.32 Å². The van der Waals surface area contributed by atoms with E-state index < -0.39 is 6.23 Å². The normalized spacial score (nSPS) is 15.6. The number of carbonyl (C=O) groups is 1. The average Bonchev–Trinajstić information content (AvgIpc) is 3.47. The Kier molecular flexibility index (Phi) is 6.90. The van der Waals surface area contributed by atoms with Crippen molar-refractivity contribution in [2.45, 2.75) is 32.2 Å². The number of fused-ring (bicyclic) bond motifs is 1. The molecule has 1 saturated heterocycles. The lowest BCUT2D eigenvalue weighted by Crippen LogP contribution is -2.45. The molecule has 0 spiro atoms. The van der Waals surface area contributed by atoms with Crippen molar-refractivity contribution in [3.63, 3.8) is 0 Å². The van der Waals surface area contributed by atoms with Crippen LogP contribution in [0.1, 0.15) is 34.6 Å². The van der Waals surface area contributed by atoms with Crippen LogP contribution in [0.25, 0.3) is 10.9 Å². The molecule has 7 nitrogen and oxygen atoms in total. The molecule has 4 aromatic rings. The van der Waals surface area contributed by atoms with Crippen molar-refractivity contribution in [2.75, 3.05) is 13.1 Å². The number of piperidine rings is 1. The van der Waals surface area contributed by atoms with Crippen molar-refractivity contribution >= 4 is 28.4 Å². The molecule has 182 valence electrons. The number of aromatic nitrogens is 3. The molecule has 3 heterocycles. The Labute approximate surface area is 209 Å². The number of rotatable bonds is 7. The predicted octanol–water partition coefficient (Wildman–Crippen LogP) is 4.04. The Morgan fingerprint density at radius 2 is 1.91 bits per heavy atom. The Balaban J connectivity index is 1.27. The maximum atomic E-state index is 13.6. The Hall–Kier alpha value is -3.13. The molecule has 2 N–H and O–H groups in total. The molecule has 0 saturated carbocycles. The number of nitrogens with one attached hydrogen (secondary N) is 1. The Bertz CT molecular complexity index is 1300. The first-order valence-corrected chi connectivity index (χ1v) is 12.4. The molecule has 35 heavy (non-hydrogen) atoms. The fraction of sp³-hybridized carbons (Fsp3) is 0.333. The summed E-state index contributed by atoms with van der Waals surface area (Å²) in [6.07, 6.45) is 4.56. The smallest absolute Gasteiger partial charge is 0.270 e.